The Morgan fingerprint density at radius 1 is 1.05 bits per heavy atom. The highest BCUT2D eigenvalue weighted by Gasteiger charge is 2.29. The number of Topliss-reactive ketones (excluding diaryl/α,β-unsaturated/α-hetero) is 1. The second-order valence-electron chi connectivity index (χ2n) is 5.58. The molecule has 1 aliphatic rings. The average molecular weight is 277 g/mol. The van der Waals surface area contributed by atoms with Gasteiger partial charge in [-0.1, -0.05) is 55.5 Å². The number of para-hydroxylation sites is 1. The highest BCUT2D eigenvalue weighted by atomic mass is 16.1. The minimum absolute atomic E-state index is 0.0343. The van der Waals surface area contributed by atoms with Gasteiger partial charge in [-0.05, 0) is 30.2 Å². The zero-order valence-corrected chi connectivity index (χ0v) is 12.3. The summed E-state index contributed by atoms with van der Waals surface area (Å²) >= 11 is 0. The Balaban J connectivity index is 1.88. The molecule has 1 heterocycles. The van der Waals surface area contributed by atoms with E-state index in [-0.39, 0.29) is 17.7 Å². The minimum Gasteiger partial charge on any atom is -0.378 e. The maximum absolute atomic E-state index is 12.4. The lowest BCUT2D eigenvalue weighted by Crippen LogP contribution is -2.36. The summed E-state index contributed by atoms with van der Waals surface area (Å²) in [5, 5.41) is 3.46. The van der Waals surface area contributed by atoms with Crippen molar-refractivity contribution in [2.24, 2.45) is 5.92 Å². The van der Waals surface area contributed by atoms with E-state index in [0.717, 1.165) is 11.3 Å². The molecule has 0 saturated carbocycles. The molecule has 0 radical (unpaired) electrons. The Bertz CT molecular complexity index is 702. The number of hydrogen-bond donors (Lipinski definition) is 1. The molecular formula is C19H19NO. The van der Waals surface area contributed by atoms with Gasteiger partial charge in [0.25, 0.3) is 0 Å². The van der Waals surface area contributed by atoms with Gasteiger partial charge in [0.15, 0.2) is 5.78 Å². The Morgan fingerprint density at radius 3 is 2.57 bits per heavy atom. The number of rotatable bonds is 2. The van der Waals surface area contributed by atoms with E-state index in [2.05, 4.69) is 36.5 Å². The zero-order chi connectivity index (χ0) is 14.8. The first-order valence-electron chi connectivity index (χ1n) is 7.30. The minimum atomic E-state index is -0.0554. The predicted molar refractivity (Wildman–Crippen MR) is 87.6 cm³/mol. The molecule has 1 aliphatic heterocycles. The summed E-state index contributed by atoms with van der Waals surface area (Å²) in [6, 6.07) is 16.0. The average Bonchev–Trinajstić information content (AvgIpc) is 2.51. The van der Waals surface area contributed by atoms with Gasteiger partial charge < -0.3 is 5.32 Å². The first-order chi connectivity index (χ1) is 10.2. The molecule has 0 saturated heterocycles. The fraction of sp³-hybridized carbons (Fsp3) is 0.211. The van der Waals surface area contributed by atoms with Gasteiger partial charge in [0.1, 0.15) is 0 Å². The van der Waals surface area contributed by atoms with Crippen molar-refractivity contribution < 1.29 is 4.79 Å². The highest BCUT2D eigenvalue weighted by molar-refractivity contribution is 6.05. The van der Waals surface area contributed by atoms with Crippen LogP contribution in [-0.2, 0) is 0 Å². The van der Waals surface area contributed by atoms with Crippen LogP contribution in [0.4, 0.5) is 5.69 Å². The number of fused-ring (bicyclic) bond motifs is 1. The lowest BCUT2D eigenvalue weighted by molar-refractivity contribution is 0.0920. The molecule has 0 fully saturated rings. The molecule has 3 rings (SSSR count). The topological polar surface area (TPSA) is 29.1 Å². The van der Waals surface area contributed by atoms with Crippen molar-refractivity contribution in [2.75, 3.05) is 5.32 Å². The number of aryl methyl sites for hydroxylation is 1. The summed E-state index contributed by atoms with van der Waals surface area (Å²) in [5.41, 5.74) is 4.16. The smallest absolute Gasteiger partial charge is 0.170 e. The number of anilines is 1. The van der Waals surface area contributed by atoms with Gasteiger partial charge in [0.2, 0.25) is 0 Å². The third-order valence-corrected chi connectivity index (χ3v) is 4.14. The second kappa shape index (κ2) is 5.57. The van der Waals surface area contributed by atoms with Crippen LogP contribution < -0.4 is 5.32 Å². The first-order valence-corrected chi connectivity index (χ1v) is 7.30. The van der Waals surface area contributed by atoms with E-state index >= 15 is 0 Å². The Morgan fingerprint density at radius 2 is 1.76 bits per heavy atom. The molecule has 2 unspecified atom stereocenters. The molecule has 21 heavy (non-hydrogen) atoms. The van der Waals surface area contributed by atoms with Gasteiger partial charge in [-0.3, -0.25) is 4.79 Å². The summed E-state index contributed by atoms with van der Waals surface area (Å²) in [6.07, 6.45) is 4.20. The van der Waals surface area contributed by atoms with Crippen molar-refractivity contribution in [3.8, 4) is 0 Å². The normalized spacial score (nSPS) is 21.1. The van der Waals surface area contributed by atoms with Crippen molar-refractivity contribution in [3.05, 3.63) is 71.3 Å². The SMILES string of the molecule is Cc1ccccc1/C=C/C1Nc2ccccc2C(=O)C1C. The summed E-state index contributed by atoms with van der Waals surface area (Å²) in [4.78, 5) is 12.4. The van der Waals surface area contributed by atoms with E-state index in [1.165, 1.54) is 11.1 Å². The van der Waals surface area contributed by atoms with Crippen molar-refractivity contribution in [1.82, 2.24) is 0 Å². The van der Waals surface area contributed by atoms with E-state index < -0.39 is 0 Å². The quantitative estimate of drug-likeness (QED) is 0.885. The van der Waals surface area contributed by atoms with E-state index in [0.29, 0.717) is 0 Å². The molecule has 106 valence electrons. The summed E-state index contributed by atoms with van der Waals surface area (Å²) in [7, 11) is 0. The molecule has 2 aromatic rings. The Hall–Kier alpha value is -2.35. The zero-order valence-electron chi connectivity index (χ0n) is 12.3. The number of ketones is 1. The molecule has 2 aromatic carbocycles. The Labute approximate surface area is 125 Å². The van der Waals surface area contributed by atoms with Crippen molar-refractivity contribution in [1.29, 1.82) is 0 Å². The predicted octanol–water partition coefficient (Wildman–Crippen LogP) is 4.32. The summed E-state index contributed by atoms with van der Waals surface area (Å²) < 4.78 is 0. The molecular weight excluding hydrogens is 258 g/mol. The van der Waals surface area contributed by atoms with Crippen LogP contribution in [-0.4, -0.2) is 11.8 Å². The number of carbonyl (C=O) groups excluding carboxylic acids is 1. The van der Waals surface area contributed by atoms with Crippen LogP contribution >= 0.6 is 0 Å². The van der Waals surface area contributed by atoms with Crippen molar-refractivity contribution in [3.63, 3.8) is 0 Å². The highest BCUT2D eigenvalue weighted by Crippen LogP contribution is 2.29. The van der Waals surface area contributed by atoms with E-state index in [4.69, 9.17) is 0 Å². The maximum atomic E-state index is 12.4. The maximum Gasteiger partial charge on any atom is 0.170 e. The number of hydrogen-bond acceptors (Lipinski definition) is 2. The van der Waals surface area contributed by atoms with Gasteiger partial charge >= 0.3 is 0 Å². The summed E-state index contributed by atoms with van der Waals surface area (Å²) in [5.74, 6) is 0.156. The third kappa shape index (κ3) is 2.62. The van der Waals surface area contributed by atoms with Crippen LogP contribution in [0.3, 0.4) is 0 Å². The Kier molecular flexibility index (Phi) is 3.61. The van der Waals surface area contributed by atoms with E-state index in [1.54, 1.807) is 0 Å². The van der Waals surface area contributed by atoms with Gasteiger partial charge in [0.05, 0.1) is 6.04 Å². The van der Waals surface area contributed by atoms with E-state index in [9.17, 15) is 4.79 Å². The van der Waals surface area contributed by atoms with E-state index in [1.807, 2.05) is 43.3 Å². The molecule has 0 aliphatic carbocycles. The number of nitrogens with one attached hydrogen (secondary N) is 1. The molecule has 2 nitrogen and oxygen atoms in total. The largest absolute Gasteiger partial charge is 0.378 e. The van der Waals surface area contributed by atoms with Gasteiger partial charge in [-0.25, -0.2) is 0 Å². The van der Waals surface area contributed by atoms with Crippen LogP contribution in [0.5, 0.6) is 0 Å². The lowest BCUT2D eigenvalue weighted by atomic mass is 9.87. The monoisotopic (exact) mass is 277 g/mol. The van der Waals surface area contributed by atoms with Gasteiger partial charge in [0, 0.05) is 17.2 Å². The first kappa shape index (κ1) is 13.6. The van der Waals surface area contributed by atoms with Crippen LogP contribution in [0.25, 0.3) is 6.08 Å². The molecule has 2 atom stereocenters. The molecule has 0 bridgehead atoms. The molecule has 0 amide bonds. The molecule has 2 heteroatoms. The van der Waals surface area contributed by atoms with Crippen LogP contribution in [0.2, 0.25) is 0 Å². The molecule has 0 spiro atoms. The second-order valence-corrected chi connectivity index (χ2v) is 5.58. The van der Waals surface area contributed by atoms with Gasteiger partial charge in [-0.15, -0.1) is 0 Å². The van der Waals surface area contributed by atoms with Crippen LogP contribution in [0, 0.1) is 12.8 Å². The number of carbonyl (C=O) groups is 1. The standard InChI is InChI=1S/C19H19NO/c1-13-7-3-4-8-15(13)11-12-17-14(2)19(21)16-9-5-6-10-18(16)20-17/h3-12,14,17,20H,1-2H3/b12-11+. The van der Waals surface area contributed by atoms with Crippen LogP contribution in [0.15, 0.2) is 54.6 Å². The van der Waals surface area contributed by atoms with Crippen molar-refractivity contribution in [2.45, 2.75) is 19.9 Å². The van der Waals surface area contributed by atoms with Crippen molar-refractivity contribution >= 4 is 17.5 Å². The lowest BCUT2D eigenvalue weighted by Gasteiger charge is -2.29. The van der Waals surface area contributed by atoms with Crippen LogP contribution in [0.1, 0.15) is 28.4 Å². The number of benzene rings is 2. The molecule has 0 aromatic heterocycles. The van der Waals surface area contributed by atoms with Gasteiger partial charge in [-0.2, -0.15) is 0 Å². The summed E-state index contributed by atoms with van der Waals surface area (Å²) in [6.45, 7) is 4.08. The third-order valence-electron chi connectivity index (χ3n) is 4.14. The fourth-order valence-electron chi connectivity index (χ4n) is 2.73. The molecule has 1 N–H and O–H groups in total. The fourth-order valence-corrected chi connectivity index (χ4v) is 2.73.